The van der Waals surface area contributed by atoms with Crippen molar-refractivity contribution in [2.45, 2.75) is 103 Å². The highest BCUT2D eigenvalue weighted by molar-refractivity contribution is 4.80. The van der Waals surface area contributed by atoms with E-state index in [-0.39, 0.29) is 18.8 Å². The fourth-order valence-electron chi connectivity index (χ4n) is 2.96. The molecule has 1 heterocycles. The Labute approximate surface area is 125 Å². The van der Waals surface area contributed by atoms with Crippen LogP contribution in [0, 0.1) is 0 Å². The van der Waals surface area contributed by atoms with Gasteiger partial charge in [-0.05, 0) is 20.3 Å². The van der Waals surface area contributed by atoms with E-state index in [4.69, 9.17) is 9.47 Å². The molecule has 0 spiro atoms. The molecule has 0 unspecified atom stereocenters. The number of aliphatic hydroxyl groups is 1. The molecule has 1 N–H and O–H groups in total. The Morgan fingerprint density at radius 3 is 1.85 bits per heavy atom. The highest BCUT2D eigenvalue weighted by atomic mass is 16.8. The molecular formula is C17H34O3. The molecule has 1 aliphatic rings. The van der Waals surface area contributed by atoms with Gasteiger partial charge in [0.25, 0.3) is 0 Å². The molecule has 120 valence electrons. The average Bonchev–Trinajstić information content (AvgIpc) is 2.71. The van der Waals surface area contributed by atoms with E-state index in [1.54, 1.807) is 0 Å². The first-order valence-electron chi connectivity index (χ1n) is 8.55. The SMILES string of the molecule is CCCCCCCCCCC[C@@H]1OC(C)(C)O[C@@H]1CO. The molecule has 0 radical (unpaired) electrons. The minimum absolute atomic E-state index is 0.0610. The van der Waals surface area contributed by atoms with E-state index in [1.807, 2.05) is 13.8 Å². The van der Waals surface area contributed by atoms with E-state index in [9.17, 15) is 5.11 Å². The number of aliphatic hydroxyl groups excluding tert-OH is 1. The molecule has 0 saturated carbocycles. The Hall–Kier alpha value is -0.120. The number of rotatable bonds is 11. The maximum atomic E-state index is 9.31. The van der Waals surface area contributed by atoms with Crippen LogP contribution in [-0.2, 0) is 9.47 Å². The summed E-state index contributed by atoms with van der Waals surface area (Å²) in [6.45, 7) is 6.17. The predicted molar refractivity (Wildman–Crippen MR) is 82.8 cm³/mol. The second-order valence-electron chi connectivity index (χ2n) is 6.51. The third-order valence-electron chi connectivity index (χ3n) is 4.06. The lowest BCUT2D eigenvalue weighted by atomic mass is 10.0. The second-order valence-corrected chi connectivity index (χ2v) is 6.51. The summed E-state index contributed by atoms with van der Waals surface area (Å²) in [4.78, 5) is 0. The molecule has 0 aromatic heterocycles. The van der Waals surface area contributed by atoms with Crippen molar-refractivity contribution in [2.75, 3.05) is 6.61 Å². The summed E-state index contributed by atoms with van der Waals surface area (Å²) in [5.41, 5.74) is 0. The van der Waals surface area contributed by atoms with Gasteiger partial charge in [0.05, 0.1) is 12.7 Å². The van der Waals surface area contributed by atoms with Crippen LogP contribution in [0.5, 0.6) is 0 Å². The molecule has 0 bridgehead atoms. The Morgan fingerprint density at radius 2 is 1.30 bits per heavy atom. The summed E-state index contributed by atoms with van der Waals surface area (Å²) in [5, 5.41) is 9.31. The van der Waals surface area contributed by atoms with Crippen molar-refractivity contribution in [3.05, 3.63) is 0 Å². The van der Waals surface area contributed by atoms with E-state index in [0.717, 1.165) is 6.42 Å². The average molecular weight is 286 g/mol. The Kier molecular flexibility index (Phi) is 8.74. The van der Waals surface area contributed by atoms with Gasteiger partial charge in [0.2, 0.25) is 0 Å². The lowest BCUT2D eigenvalue weighted by Gasteiger charge is -2.16. The summed E-state index contributed by atoms with van der Waals surface area (Å²) >= 11 is 0. The molecule has 3 heteroatoms. The third-order valence-corrected chi connectivity index (χ3v) is 4.06. The molecule has 2 atom stereocenters. The molecule has 1 fully saturated rings. The topological polar surface area (TPSA) is 38.7 Å². The largest absolute Gasteiger partial charge is 0.394 e. The van der Waals surface area contributed by atoms with Crippen LogP contribution in [0.4, 0.5) is 0 Å². The minimum Gasteiger partial charge on any atom is -0.394 e. The van der Waals surface area contributed by atoms with Crippen LogP contribution in [0.15, 0.2) is 0 Å². The summed E-state index contributed by atoms with van der Waals surface area (Å²) in [6, 6.07) is 0. The van der Waals surface area contributed by atoms with Crippen molar-refractivity contribution in [3.63, 3.8) is 0 Å². The lowest BCUT2D eigenvalue weighted by Crippen LogP contribution is -2.26. The second kappa shape index (κ2) is 9.75. The zero-order chi connectivity index (χ0) is 14.8. The molecule has 1 saturated heterocycles. The minimum atomic E-state index is -0.530. The molecular weight excluding hydrogens is 252 g/mol. The van der Waals surface area contributed by atoms with Gasteiger partial charge in [-0.15, -0.1) is 0 Å². The number of hydrogen-bond donors (Lipinski definition) is 1. The van der Waals surface area contributed by atoms with Crippen LogP contribution >= 0.6 is 0 Å². The van der Waals surface area contributed by atoms with Crippen LogP contribution in [-0.4, -0.2) is 29.7 Å². The lowest BCUT2D eigenvalue weighted by molar-refractivity contribution is -0.149. The Morgan fingerprint density at radius 1 is 0.800 bits per heavy atom. The number of hydrogen-bond acceptors (Lipinski definition) is 3. The van der Waals surface area contributed by atoms with Gasteiger partial charge in [0.1, 0.15) is 6.10 Å². The normalized spacial score (nSPS) is 25.2. The van der Waals surface area contributed by atoms with Crippen molar-refractivity contribution in [1.82, 2.24) is 0 Å². The van der Waals surface area contributed by atoms with Crippen molar-refractivity contribution in [1.29, 1.82) is 0 Å². The predicted octanol–water partition coefficient (Wildman–Crippen LogP) is 4.42. The van der Waals surface area contributed by atoms with Gasteiger partial charge >= 0.3 is 0 Å². The monoisotopic (exact) mass is 286 g/mol. The first kappa shape index (κ1) is 17.9. The van der Waals surface area contributed by atoms with Crippen LogP contribution in [0.2, 0.25) is 0 Å². The fraction of sp³-hybridized carbons (Fsp3) is 1.00. The number of ether oxygens (including phenoxy) is 2. The Balaban J connectivity index is 1.98. The third kappa shape index (κ3) is 7.05. The van der Waals surface area contributed by atoms with Gasteiger partial charge in [0, 0.05) is 0 Å². The molecule has 0 aromatic carbocycles. The molecule has 20 heavy (non-hydrogen) atoms. The highest BCUT2D eigenvalue weighted by Gasteiger charge is 2.40. The first-order valence-corrected chi connectivity index (χ1v) is 8.55. The maximum absolute atomic E-state index is 9.31. The van der Waals surface area contributed by atoms with E-state index in [0.29, 0.717) is 0 Å². The summed E-state index contributed by atoms with van der Waals surface area (Å²) in [7, 11) is 0. The van der Waals surface area contributed by atoms with Crippen LogP contribution in [0.1, 0.15) is 85.0 Å². The molecule has 1 rings (SSSR count). The van der Waals surface area contributed by atoms with Crippen LogP contribution in [0.25, 0.3) is 0 Å². The first-order chi connectivity index (χ1) is 9.59. The number of unbranched alkanes of at least 4 members (excludes halogenated alkanes) is 8. The molecule has 0 aliphatic carbocycles. The summed E-state index contributed by atoms with van der Waals surface area (Å²) in [6.07, 6.45) is 13.0. The fourth-order valence-corrected chi connectivity index (χ4v) is 2.96. The van der Waals surface area contributed by atoms with Gasteiger partial charge in [-0.3, -0.25) is 0 Å². The highest BCUT2D eigenvalue weighted by Crippen LogP contribution is 2.30. The van der Waals surface area contributed by atoms with Gasteiger partial charge in [0.15, 0.2) is 5.79 Å². The summed E-state index contributed by atoms with van der Waals surface area (Å²) in [5.74, 6) is -0.530. The zero-order valence-corrected chi connectivity index (χ0v) is 13.7. The molecule has 0 amide bonds. The van der Waals surface area contributed by atoms with Crippen molar-refractivity contribution >= 4 is 0 Å². The van der Waals surface area contributed by atoms with E-state index in [1.165, 1.54) is 57.8 Å². The van der Waals surface area contributed by atoms with Crippen LogP contribution in [0.3, 0.4) is 0 Å². The van der Waals surface area contributed by atoms with Gasteiger partial charge in [-0.2, -0.15) is 0 Å². The Bertz CT molecular complexity index is 240. The smallest absolute Gasteiger partial charge is 0.163 e. The maximum Gasteiger partial charge on any atom is 0.163 e. The van der Waals surface area contributed by atoms with Crippen LogP contribution < -0.4 is 0 Å². The molecule has 0 aromatic rings. The van der Waals surface area contributed by atoms with Crippen molar-refractivity contribution in [2.24, 2.45) is 0 Å². The summed E-state index contributed by atoms with van der Waals surface area (Å²) < 4.78 is 11.5. The van der Waals surface area contributed by atoms with Gasteiger partial charge in [-0.1, -0.05) is 64.7 Å². The standard InChI is InChI=1S/C17H34O3/c1-4-5-6-7-8-9-10-11-12-13-15-16(14-18)20-17(2,3)19-15/h15-16,18H,4-14H2,1-3H3/t15-,16+/m0/s1. The van der Waals surface area contributed by atoms with Crippen molar-refractivity contribution < 1.29 is 14.6 Å². The van der Waals surface area contributed by atoms with Gasteiger partial charge < -0.3 is 14.6 Å². The van der Waals surface area contributed by atoms with Gasteiger partial charge in [-0.25, -0.2) is 0 Å². The van der Waals surface area contributed by atoms with Crippen molar-refractivity contribution in [3.8, 4) is 0 Å². The van der Waals surface area contributed by atoms with E-state index >= 15 is 0 Å². The van der Waals surface area contributed by atoms with E-state index < -0.39 is 5.79 Å². The van der Waals surface area contributed by atoms with E-state index in [2.05, 4.69) is 6.92 Å². The quantitative estimate of drug-likeness (QED) is 0.571. The molecule has 1 aliphatic heterocycles. The molecule has 3 nitrogen and oxygen atoms in total. The zero-order valence-electron chi connectivity index (χ0n) is 13.7.